The Morgan fingerprint density at radius 3 is 2.91 bits per heavy atom. The van der Waals surface area contributed by atoms with E-state index in [4.69, 9.17) is 16.3 Å². The van der Waals surface area contributed by atoms with E-state index in [1.54, 1.807) is 42.5 Å². The van der Waals surface area contributed by atoms with Gasteiger partial charge in [0.25, 0.3) is 5.91 Å². The van der Waals surface area contributed by atoms with Gasteiger partial charge in [-0.05, 0) is 37.3 Å². The van der Waals surface area contributed by atoms with Gasteiger partial charge in [0.05, 0.1) is 16.8 Å². The van der Waals surface area contributed by atoms with Gasteiger partial charge in [0.1, 0.15) is 10.8 Å². The number of amides is 1. The van der Waals surface area contributed by atoms with E-state index in [2.05, 4.69) is 10.3 Å². The maximum Gasteiger partial charge on any atom is 0.261 e. The van der Waals surface area contributed by atoms with Crippen molar-refractivity contribution in [2.75, 3.05) is 0 Å². The van der Waals surface area contributed by atoms with Crippen LogP contribution in [-0.2, 0) is 11.3 Å². The molecule has 1 aromatic heterocycles. The van der Waals surface area contributed by atoms with Crippen molar-refractivity contribution in [2.24, 2.45) is 0 Å². The average molecular weight is 347 g/mol. The van der Waals surface area contributed by atoms with Crippen LogP contribution in [0.2, 0.25) is 5.02 Å². The second-order valence-corrected chi connectivity index (χ2v) is 6.56. The molecule has 0 radical (unpaired) electrons. The minimum atomic E-state index is -0.608. The molecular formula is C17H15ClN2O2S. The Balaban J connectivity index is 1.58. The fraction of sp³-hybridized carbons (Fsp3) is 0.176. The van der Waals surface area contributed by atoms with Crippen LogP contribution in [0.25, 0.3) is 10.2 Å². The quantitative estimate of drug-likeness (QED) is 0.758. The van der Waals surface area contributed by atoms with Crippen molar-refractivity contribution in [2.45, 2.75) is 19.6 Å². The molecule has 3 aromatic rings. The Morgan fingerprint density at radius 2 is 2.13 bits per heavy atom. The summed E-state index contributed by atoms with van der Waals surface area (Å²) in [5, 5.41) is 4.29. The minimum absolute atomic E-state index is 0.191. The SMILES string of the molecule is CC(Oc1cccc(Cl)c1)C(=O)NCc1nc2ccccc2s1. The van der Waals surface area contributed by atoms with Crippen LogP contribution in [0.15, 0.2) is 48.5 Å². The van der Waals surface area contributed by atoms with Crippen molar-refractivity contribution in [3.05, 3.63) is 58.6 Å². The molecule has 0 saturated carbocycles. The second kappa shape index (κ2) is 6.98. The smallest absolute Gasteiger partial charge is 0.261 e. The zero-order valence-electron chi connectivity index (χ0n) is 12.5. The molecule has 1 unspecified atom stereocenters. The van der Waals surface area contributed by atoms with Crippen LogP contribution >= 0.6 is 22.9 Å². The largest absolute Gasteiger partial charge is 0.481 e. The van der Waals surface area contributed by atoms with E-state index in [0.29, 0.717) is 17.3 Å². The van der Waals surface area contributed by atoms with Crippen LogP contribution < -0.4 is 10.1 Å². The maximum atomic E-state index is 12.1. The van der Waals surface area contributed by atoms with Crippen molar-refractivity contribution < 1.29 is 9.53 Å². The third-order valence-electron chi connectivity index (χ3n) is 3.23. The summed E-state index contributed by atoms with van der Waals surface area (Å²) in [6.07, 6.45) is -0.608. The van der Waals surface area contributed by atoms with Crippen LogP contribution in [0.1, 0.15) is 11.9 Å². The van der Waals surface area contributed by atoms with Crippen molar-refractivity contribution in [1.82, 2.24) is 10.3 Å². The topological polar surface area (TPSA) is 51.2 Å². The number of halogens is 1. The number of hydrogen-bond acceptors (Lipinski definition) is 4. The van der Waals surface area contributed by atoms with Crippen LogP contribution in [0.4, 0.5) is 0 Å². The van der Waals surface area contributed by atoms with Crippen molar-refractivity contribution in [3.8, 4) is 5.75 Å². The summed E-state index contributed by atoms with van der Waals surface area (Å²) in [4.78, 5) is 16.6. The summed E-state index contributed by atoms with van der Waals surface area (Å²) >= 11 is 7.47. The molecule has 1 atom stereocenters. The molecule has 1 N–H and O–H groups in total. The third kappa shape index (κ3) is 4.00. The van der Waals surface area contributed by atoms with Gasteiger partial charge in [-0.3, -0.25) is 4.79 Å². The Kier molecular flexibility index (Phi) is 4.79. The van der Waals surface area contributed by atoms with Crippen LogP contribution in [-0.4, -0.2) is 17.0 Å². The monoisotopic (exact) mass is 346 g/mol. The highest BCUT2D eigenvalue weighted by Crippen LogP contribution is 2.21. The predicted molar refractivity (Wildman–Crippen MR) is 93.0 cm³/mol. The molecule has 3 rings (SSSR count). The number of hydrogen-bond donors (Lipinski definition) is 1. The van der Waals surface area contributed by atoms with Crippen LogP contribution in [0.3, 0.4) is 0 Å². The lowest BCUT2D eigenvalue weighted by Gasteiger charge is -2.14. The lowest BCUT2D eigenvalue weighted by atomic mass is 10.3. The Bertz CT molecular complexity index is 801. The molecular weight excluding hydrogens is 332 g/mol. The van der Waals surface area contributed by atoms with Gasteiger partial charge >= 0.3 is 0 Å². The molecule has 118 valence electrons. The molecule has 23 heavy (non-hydrogen) atoms. The van der Waals surface area contributed by atoms with E-state index in [9.17, 15) is 4.79 Å². The molecule has 0 aliphatic carbocycles. The van der Waals surface area contributed by atoms with Gasteiger partial charge < -0.3 is 10.1 Å². The molecule has 0 bridgehead atoms. The van der Waals surface area contributed by atoms with Gasteiger partial charge in [-0.1, -0.05) is 29.8 Å². The number of fused-ring (bicyclic) bond motifs is 1. The molecule has 1 heterocycles. The summed E-state index contributed by atoms with van der Waals surface area (Å²) in [5.41, 5.74) is 0.949. The Labute approximate surface area is 143 Å². The summed E-state index contributed by atoms with van der Waals surface area (Å²) in [6, 6.07) is 14.9. The molecule has 0 saturated heterocycles. The van der Waals surface area contributed by atoms with E-state index in [1.807, 2.05) is 24.3 Å². The fourth-order valence-electron chi connectivity index (χ4n) is 2.10. The van der Waals surface area contributed by atoms with Gasteiger partial charge in [0.2, 0.25) is 0 Å². The number of nitrogens with zero attached hydrogens (tertiary/aromatic N) is 1. The zero-order valence-corrected chi connectivity index (χ0v) is 14.0. The number of carbonyl (C=O) groups is 1. The molecule has 4 nitrogen and oxygen atoms in total. The first-order valence-electron chi connectivity index (χ1n) is 7.16. The van der Waals surface area contributed by atoms with E-state index < -0.39 is 6.10 Å². The number of para-hydroxylation sites is 1. The minimum Gasteiger partial charge on any atom is -0.481 e. The summed E-state index contributed by atoms with van der Waals surface area (Å²) in [5.74, 6) is 0.379. The zero-order chi connectivity index (χ0) is 16.2. The molecule has 1 amide bonds. The number of thiazole rings is 1. The number of nitrogens with one attached hydrogen (secondary N) is 1. The third-order valence-corrected chi connectivity index (χ3v) is 4.50. The Morgan fingerprint density at radius 1 is 1.30 bits per heavy atom. The van der Waals surface area contributed by atoms with Crippen LogP contribution in [0.5, 0.6) is 5.75 Å². The first-order chi connectivity index (χ1) is 11.1. The molecule has 0 aliphatic heterocycles. The first-order valence-corrected chi connectivity index (χ1v) is 8.35. The number of aromatic nitrogens is 1. The molecule has 2 aromatic carbocycles. The predicted octanol–water partition coefficient (Wildman–Crippen LogP) is 4.03. The fourth-order valence-corrected chi connectivity index (χ4v) is 3.19. The summed E-state index contributed by atoms with van der Waals surface area (Å²) in [7, 11) is 0. The van der Waals surface area contributed by atoms with Crippen molar-refractivity contribution in [1.29, 1.82) is 0 Å². The standard InChI is InChI=1S/C17H15ClN2O2S/c1-11(22-13-6-4-5-12(18)9-13)17(21)19-10-16-20-14-7-2-3-8-15(14)23-16/h2-9,11H,10H2,1H3,(H,19,21). The van der Waals surface area contributed by atoms with Crippen LogP contribution in [0, 0.1) is 0 Å². The van der Waals surface area contributed by atoms with Gasteiger partial charge in [0, 0.05) is 5.02 Å². The van der Waals surface area contributed by atoms with Gasteiger partial charge in [-0.15, -0.1) is 11.3 Å². The Hall–Kier alpha value is -2.11. The highest BCUT2D eigenvalue weighted by molar-refractivity contribution is 7.18. The number of rotatable bonds is 5. The normalized spacial score (nSPS) is 12.1. The number of carbonyl (C=O) groups excluding carboxylic acids is 1. The molecule has 0 fully saturated rings. The number of ether oxygens (including phenoxy) is 1. The first kappa shape index (κ1) is 15.8. The summed E-state index contributed by atoms with van der Waals surface area (Å²) < 4.78 is 6.70. The van der Waals surface area contributed by atoms with E-state index in [1.165, 1.54) is 0 Å². The maximum absolute atomic E-state index is 12.1. The van der Waals surface area contributed by atoms with Gasteiger partial charge in [0.15, 0.2) is 6.10 Å². The van der Waals surface area contributed by atoms with E-state index in [-0.39, 0.29) is 5.91 Å². The highest BCUT2D eigenvalue weighted by atomic mass is 35.5. The molecule has 0 aliphatic rings. The lowest BCUT2D eigenvalue weighted by molar-refractivity contribution is -0.127. The van der Waals surface area contributed by atoms with E-state index >= 15 is 0 Å². The second-order valence-electron chi connectivity index (χ2n) is 5.01. The number of benzene rings is 2. The van der Waals surface area contributed by atoms with Gasteiger partial charge in [-0.2, -0.15) is 0 Å². The molecule has 0 spiro atoms. The lowest BCUT2D eigenvalue weighted by Crippen LogP contribution is -2.35. The van der Waals surface area contributed by atoms with Gasteiger partial charge in [-0.25, -0.2) is 4.98 Å². The highest BCUT2D eigenvalue weighted by Gasteiger charge is 2.15. The van der Waals surface area contributed by atoms with Crippen molar-refractivity contribution in [3.63, 3.8) is 0 Å². The molecule has 6 heteroatoms. The summed E-state index contributed by atoms with van der Waals surface area (Å²) in [6.45, 7) is 2.09. The van der Waals surface area contributed by atoms with E-state index in [0.717, 1.165) is 15.2 Å². The average Bonchev–Trinajstić information content (AvgIpc) is 2.95. The van der Waals surface area contributed by atoms with Crippen molar-refractivity contribution >= 4 is 39.1 Å².